The molecule has 0 spiro atoms. The van der Waals surface area contributed by atoms with Crippen LogP contribution < -0.4 is 10.1 Å². The van der Waals surface area contributed by atoms with E-state index in [2.05, 4.69) is 5.32 Å². The fourth-order valence-corrected chi connectivity index (χ4v) is 4.29. The quantitative estimate of drug-likeness (QED) is 0.628. The van der Waals surface area contributed by atoms with Gasteiger partial charge in [-0.05, 0) is 23.8 Å². The van der Waals surface area contributed by atoms with Gasteiger partial charge in [0.05, 0.1) is 20.0 Å². The first-order valence-electron chi connectivity index (χ1n) is 9.10. The fraction of sp³-hybridized carbons (Fsp3) is 0.556. The summed E-state index contributed by atoms with van der Waals surface area (Å²) >= 11 is 0. The van der Waals surface area contributed by atoms with E-state index in [-0.39, 0.29) is 12.5 Å². The second-order valence-corrected chi connectivity index (χ2v) is 8.85. The largest absolute Gasteiger partial charge is 0.493 e. The molecule has 10 heteroatoms. The molecule has 154 valence electrons. The van der Waals surface area contributed by atoms with E-state index >= 15 is 0 Å². The molecular weight excluding hydrogens is 386 g/mol. The Kier molecular flexibility index (Phi) is 6.21. The minimum Gasteiger partial charge on any atom is -0.493 e. The molecule has 1 saturated heterocycles. The molecule has 0 saturated carbocycles. The number of carbonyl (C=O) groups is 2. The lowest BCUT2D eigenvalue weighted by Crippen LogP contribution is -2.57. The van der Waals surface area contributed by atoms with Crippen LogP contribution in [0.25, 0.3) is 0 Å². The number of hydrogen-bond acceptors (Lipinski definition) is 7. The highest BCUT2D eigenvalue weighted by molar-refractivity contribution is 7.88. The number of benzene rings is 1. The highest BCUT2D eigenvalue weighted by atomic mass is 32.2. The average Bonchev–Trinajstić information content (AvgIpc) is 3.15. The minimum absolute atomic E-state index is 0.0813. The highest BCUT2D eigenvalue weighted by Gasteiger charge is 2.32. The fourth-order valence-electron chi connectivity index (χ4n) is 3.46. The predicted octanol–water partition coefficient (Wildman–Crippen LogP) is -0.530. The Hall–Kier alpha value is -2.17. The van der Waals surface area contributed by atoms with Gasteiger partial charge in [-0.1, -0.05) is 0 Å². The number of fused-ring (bicyclic) bond motifs is 1. The summed E-state index contributed by atoms with van der Waals surface area (Å²) in [6.45, 7) is 2.07. The summed E-state index contributed by atoms with van der Waals surface area (Å²) in [5.41, 5.74) is 1.50. The van der Waals surface area contributed by atoms with Crippen molar-refractivity contribution in [2.45, 2.75) is 12.5 Å². The Bertz CT molecular complexity index is 849. The van der Waals surface area contributed by atoms with Gasteiger partial charge in [-0.25, -0.2) is 8.42 Å². The summed E-state index contributed by atoms with van der Waals surface area (Å²) < 4.78 is 35.0. The Labute approximate surface area is 164 Å². The third kappa shape index (κ3) is 4.62. The molecule has 28 heavy (non-hydrogen) atoms. The molecule has 0 radical (unpaired) electrons. The number of amides is 1. The van der Waals surface area contributed by atoms with Gasteiger partial charge in [-0.2, -0.15) is 4.31 Å². The van der Waals surface area contributed by atoms with Crippen LogP contribution >= 0.6 is 0 Å². The van der Waals surface area contributed by atoms with Crippen LogP contribution in [0, 0.1) is 0 Å². The van der Waals surface area contributed by atoms with Gasteiger partial charge in [-0.15, -0.1) is 0 Å². The standard InChI is InChI=1S/C18H25N3O6S/c1-26-18(23)15(20-6-8-21(9-7-20)28(2,24)25)12-19-17(22)14-3-4-16-13(11-14)5-10-27-16/h3-4,11,15H,5-10,12H2,1-2H3,(H,19,22). The second-order valence-electron chi connectivity index (χ2n) is 6.87. The van der Waals surface area contributed by atoms with Crippen LogP contribution in [0.15, 0.2) is 18.2 Å². The zero-order valence-electron chi connectivity index (χ0n) is 16.0. The van der Waals surface area contributed by atoms with Crippen molar-refractivity contribution in [3.8, 4) is 5.75 Å². The third-order valence-electron chi connectivity index (χ3n) is 5.06. The van der Waals surface area contributed by atoms with Crippen LogP contribution in [0.1, 0.15) is 15.9 Å². The van der Waals surface area contributed by atoms with Gasteiger partial charge < -0.3 is 14.8 Å². The maximum atomic E-state index is 12.5. The first-order chi connectivity index (χ1) is 13.3. The van der Waals surface area contributed by atoms with Gasteiger partial charge in [0.25, 0.3) is 5.91 Å². The summed E-state index contributed by atoms with van der Waals surface area (Å²) in [5.74, 6) is 0.0570. The molecule has 1 unspecified atom stereocenters. The number of ether oxygens (including phenoxy) is 2. The Morgan fingerprint density at radius 3 is 2.61 bits per heavy atom. The molecule has 0 bridgehead atoms. The number of rotatable bonds is 6. The molecule has 1 aromatic rings. The summed E-state index contributed by atoms with van der Waals surface area (Å²) in [4.78, 5) is 26.6. The number of nitrogens with one attached hydrogen (secondary N) is 1. The van der Waals surface area contributed by atoms with Crippen molar-refractivity contribution in [2.75, 3.05) is 52.7 Å². The lowest BCUT2D eigenvalue weighted by Gasteiger charge is -2.37. The number of hydrogen-bond donors (Lipinski definition) is 1. The van der Waals surface area contributed by atoms with Crippen molar-refractivity contribution in [3.05, 3.63) is 29.3 Å². The van der Waals surface area contributed by atoms with Crippen LogP contribution in [0.4, 0.5) is 0 Å². The lowest BCUT2D eigenvalue weighted by molar-refractivity contribution is -0.147. The van der Waals surface area contributed by atoms with Crippen LogP contribution in [-0.4, -0.2) is 88.2 Å². The second kappa shape index (κ2) is 8.46. The summed E-state index contributed by atoms with van der Waals surface area (Å²) in [7, 11) is -1.96. The number of carbonyl (C=O) groups excluding carboxylic acids is 2. The van der Waals surface area contributed by atoms with Crippen LogP contribution in [0.3, 0.4) is 0 Å². The molecular formula is C18H25N3O6S. The van der Waals surface area contributed by atoms with Crippen molar-refractivity contribution < 1.29 is 27.5 Å². The van der Waals surface area contributed by atoms with Crippen LogP contribution in [0.2, 0.25) is 0 Å². The third-order valence-corrected chi connectivity index (χ3v) is 6.37. The van der Waals surface area contributed by atoms with E-state index in [0.29, 0.717) is 38.3 Å². The number of piperazine rings is 1. The predicted molar refractivity (Wildman–Crippen MR) is 102 cm³/mol. The van der Waals surface area contributed by atoms with E-state index in [0.717, 1.165) is 17.7 Å². The van der Waals surface area contributed by atoms with Gasteiger partial charge in [-0.3, -0.25) is 14.5 Å². The Balaban J connectivity index is 1.62. The van der Waals surface area contributed by atoms with E-state index in [4.69, 9.17) is 9.47 Å². The molecule has 0 aromatic heterocycles. The van der Waals surface area contributed by atoms with Crippen molar-refractivity contribution in [1.29, 1.82) is 0 Å². The molecule has 2 aliphatic rings. The Morgan fingerprint density at radius 1 is 1.25 bits per heavy atom. The molecule has 3 rings (SSSR count). The molecule has 1 N–H and O–H groups in total. The molecule has 1 fully saturated rings. The molecule has 2 aliphatic heterocycles. The molecule has 1 atom stereocenters. The van der Waals surface area contributed by atoms with E-state index < -0.39 is 22.0 Å². The molecule has 1 aromatic carbocycles. The molecule has 9 nitrogen and oxygen atoms in total. The van der Waals surface area contributed by atoms with E-state index in [1.165, 1.54) is 17.7 Å². The monoisotopic (exact) mass is 411 g/mol. The Morgan fingerprint density at radius 2 is 1.96 bits per heavy atom. The van der Waals surface area contributed by atoms with Crippen molar-refractivity contribution in [3.63, 3.8) is 0 Å². The average molecular weight is 411 g/mol. The lowest BCUT2D eigenvalue weighted by atomic mass is 10.1. The van der Waals surface area contributed by atoms with Gasteiger partial charge in [0.1, 0.15) is 11.8 Å². The molecule has 2 heterocycles. The van der Waals surface area contributed by atoms with Gasteiger partial charge >= 0.3 is 5.97 Å². The molecule has 1 amide bonds. The smallest absolute Gasteiger partial charge is 0.324 e. The SMILES string of the molecule is COC(=O)C(CNC(=O)c1ccc2c(c1)CCO2)N1CCN(S(C)(=O)=O)CC1. The van der Waals surface area contributed by atoms with Gasteiger partial charge in [0.2, 0.25) is 10.0 Å². The van der Waals surface area contributed by atoms with E-state index in [9.17, 15) is 18.0 Å². The number of sulfonamides is 1. The highest BCUT2D eigenvalue weighted by Crippen LogP contribution is 2.25. The molecule has 0 aliphatic carbocycles. The summed E-state index contributed by atoms with van der Waals surface area (Å²) in [6.07, 6.45) is 1.94. The zero-order chi connectivity index (χ0) is 20.3. The zero-order valence-corrected chi connectivity index (χ0v) is 16.8. The summed E-state index contributed by atoms with van der Waals surface area (Å²) in [5, 5.41) is 2.79. The topological polar surface area (TPSA) is 105 Å². The van der Waals surface area contributed by atoms with Gasteiger partial charge in [0.15, 0.2) is 0 Å². The number of esters is 1. The van der Waals surface area contributed by atoms with Crippen molar-refractivity contribution in [2.24, 2.45) is 0 Å². The maximum Gasteiger partial charge on any atom is 0.324 e. The number of nitrogens with zero attached hydrogens (tertiary/aromatic N) is 2. The van der Waals surface area contributed by atoms with E-state index in [1.807, 2.05) is 4.90 Å². The number of methoxy groups -OCH3 is 1. The summed E-state index contributed by atoms with van der Waals surface area (Å²) in [6, 6.07) is 4.60. The minimum atomic E-state index is -3.26. The van der Waals surface area contributed by atoms with Crippen molar-refractivity contribution >= 4 is 21.9 Å². The maximum absolute atomic E-state index is 12.5. The normalized spacial score (nSPS) is 18.8. The van der Waals surface area contributed by atoms with Crippen LogP contribution in [-0.2, 0) is 26.0 Å². The first-order valence-corrected chi connectivity index (χ1v) is 11.0. The van der Waals surface area contributed by atoms with Gasteiger partial charge in [0, 0.05) is 44.7 Å². The van der Waals surface area contributed by atoms with Crippen molar-refractivity contribution in [1.82, 2.24) is 14.5 Å². The first kappa shape index (κ1) is 20.6. The van der Waals surface area contributed by atoms with E-state index in [1.54, 1.807) is 18.2 Å². The van der Waals surface area contributed by atoms with Crippen LogP contribution in [0.5, 0.6) is 5.75 Å².